The topological polar surface area (TPSA) is 49.8 Å². The number of ether oxygens (including phenoxy) is 1. The van der Waals surface area contributed by atoms with E-state index in [0.717, 1.165) is 36.7 Å². The standard InChI is InChI=1S/C27H36O3/c1-25-13-10-19(28)16-18(25)8-9-20-21(25)11-14-26(2)22(20)12-15-27(26)24(30-27)23(29)17-6-4-3-5-7-17/h3-7,18-22,24,28H,8-16H2,1-2H3/t18-,19-,20+,21-,22-,24?,25-,26-,27+/m0/s1. The first-order chi connectivity index (χ1) is 14.4. The van der Waals surface area contributed by atoms with Gasteiger partial charge < -0.3 is 9.84 Å². The molecule has 3 nitrogen and oxygen atoms in total. The summed E-state index contributed by atoms with van der Waals surface area (Å²) in [7, 11) is 0. The van der Waals surface area contributed by atoms with Crippen LogP contribution in [-0.2, 0) is 4.74 Å². The molecule has 1 spiro atoms. The minimum absolute atomic E-state index is 0.0761. The van der Waals surface area contributed by atoms with Gasteiger partial charge in [0.1, 0.15) is 5.60 Å². The lowest BCUT2D eigenvalue weighted by atomic mass is 9.44. The van der Waals surface area contributed by atoms with Gasteiger partial charge >= 0.3 is 0 Å². The molecule has 3 heteroatoms. The molecule has 162 valence electrons. The normalized spacial score (nSPS) is 51.7. The molecule has 0 amide bonds. The van der Waals surface area contributed by atoms with Gasteiger partial charge in [0.15, 0.2) is 11.9 Å². The highest BCUT2D eigenvalue weighted by molar-refractivity contribution is 6.02. The molecule has 0 bridgehead atoms. The molecule has 1 N–H and O–H groups in total. The van der Waals surface area contributed by atoms with Gasteiger partial charge in [-0.1, -0.05) is 44.2 Å². The van der Waals surface area contributed by atoms with E-state index in [2.05, 4.69) is 13.8 Å². The molecule has 5 aliphatic rings. The summed E-state index contributed by atoms with van der Waals surface area (Å²) in [5, 5.41) is 10.3. The lowest BCUT2D eigenvalue weighted by Gasteiger charge is -2.60. The minimum atomic E-state index is -0.233. The van der Waals surface area contributed by atoms with Crippen molar-refractivity contribution in [2.24, 2.45) is 34.5 Å². The van der Waals surface area contributed by atoms with Crippen LogP contribution in [0.5, 0.6) is 0 Å². The Kier molecular flexibility index (Phi) is 4.17. The van der Waals surface area contributed by atoms with E-state index in [4.69, 9.17) is 4.74 Å². The third kappa shape index (κ3) is 2.43. The van der Waals surface area contributed by atoms with Gasteiger partial charge in [-0.25, -0.2) is 0 Å². The van der Waals surface area contributed by atoms with E-state index in [0.29, 0.717) is 17.3 Å². The van der Waals surface area contributed by atoms with E-state index in [1.165, 1.54) is 38.5 Å². The molecule has 1 heterocycles. The molecule has 1 aromatic rings. The third-order valence-electron chi connectivity index (χ3n) is 10.8. The van der Waals surface area contributed by atoms with Gasteiger partial charge in [-0.3, -0.25) is 4.79 Å². The summed E-state index contributed by atoms with van der Waals surface area (Å²) >= 11 is 0. The fourth-order valence-electron chi connectivity index (χ4n) is 9.09. The first-order valence-corrected chi connectivity index (χ1v) is 12.3. The highest BCUT2D eigenvalue weighted by atomic mass is 16.6. The first-order valence-electron chi connectivity index (χ1n) is 12.3. The molecule has 30 heavy (non-hydrogen) atoms. The maximum Gasteiger partial charge on any atom is 0.194 e. The van der Waals surface area contributed by atoms with Gasteiger partial charge in [0.25, 0.3) is 0 Å². The summed E-state index contributed by atoms with van der Waals surface area (Å²) in [4.78, 5) is 13.2. The molecular formula is C27H36O3. The predicted molar refractivity (Wildman–Crippen MR) is 116 cm³/mol. The van der Waals surface area contributed by atoms with E-state index in [1.54, 1.807) is 0 Å². The average molecular weight is 409 g/mol. The average Bonchev–Trinajstić information content (AvgIpc) is 3.42. The van der Waals surface area contributed by atoms with Crippen LogP contribution in [0.2, 0.25) is 0 Å². The van der Waals surface area contributed by atoms with E-state index in [9.17, 15) is 9.90 Å². The number of ketones is 1. The number of hydrogen-bond acceptors (Lipinski definition) is 3. The molecule has 1 aromatic carbocycles. The van der Waals surface area contributed by atoms with Gasteiger partial charge in [-0.2, -0.15) is 0 Å². The quantitative estimate of drug-likeness (QED) is 0.526. The van der Waals surface area contributed by atoms with Crippen LogP contribution >= 0.6 is 0 Å². The largest absolute Gasteiger partial charge is 0.393 e. The Hall–Kier alpha value is -1.19. The summed E-state index contributed by atoms with van der Waals surface area (Å²) in [6, 6.07) is 9.74. The van der Waals surface area contributed by atoms with E-state index < -0.39 is 0 Å². The number of Topliss-reactive ketones (excluding diaryl/α,β-unsaturated/α-hetero) is 1. The number of carbonyl (C=O) groups is 1. The van der Waals surface area contributed by atoms with Crippen molar-refractivity contribution in [2.45, 2.75) is 89.4 Å². The van der Waals surface area contributed by atoms with Crippen molar-refractivity contribution < 1.29 is 14.6 Å². The van der Waals surface area contributed by atoms with Crippen LogP contribution in [0.3, 0.4) is 0 Å². The van der Waals surface area contributed by atoms with Crippen molar-refractivity contribution in [1.29, 1.82) is 0 Å². The molecule has 1 aliphatic heterocycles. The van der Waals surface area contributed by atoms with E-state index in [-0.39, 0.29) is 29.0 Å². The molecule has 9 atom stereocenters. The summed E-state index contributed by atoms with van der Waals surface area (Å²) in [6.07, 6.45) is 10.2. The zero-order valence-electron chi connectivity index (χ0n) is 18.5. The van der Waals surface area contributed by atoms with E-state index >= 15 is 0 Å². The zero-order chi connectivity index (χ0) is 20.7. The van der Waals surface area contributed by atoms with Gasteiger partial charge in [0, 0.05) is 11.0 Å². The molecule has 4 saturated carbocycles. The summed E-state index contributed by atoms with van der Waals surface area (Å²) in [6.45, 7) is 5.00. The molecule has 5 fully saturated rings. The third-order valence-corrected chi connectivity index (χ3v) is 10.8. The molecular weight excluding hydrogens is 372 g/mol. The predicted octanol–water partition coefficient (Wildman–Crippen LogP) is 5.41. The van der Waals surface area contributed by atoms with E-state index in [1.807, 2.05) is 30.3 Å². The zero-order valence-corrected chi connectivity index (χ0v) is 18.5. The lowest BCUT2D eigenvalue weighted by Crippen LogP contribution is -2.55. The minimum Gasteiger partial charge on any atom is -0.393 e. The molecule has 6 rings (SSSR count). The van der Waals surface area contributed by atoms with Crippen molar-refractivity contribution >= 4 is 5.78 Å². The Labute approximate surface area is 180 Å². The Morgan fingerprint density at radius 3 is 2.53 bits per heavy atom. The highest BCUT2D eigenvalue weighted by Gasteiger charge is 2.76. The smallest absolute Gasteiger partial charge is 0.194 e. The van der Waals surface area contributed by atoms with Crippen LogP contribution in [0.4, 0.5) is 0 Å². The number of aliphatic hydroxyl groups is 1. The van der Waals surface area contributed by atoms with Gasteiger partial charge in [-0.05, 0) is 86.9 Å². The number of hydrogen-bond donors (Lipinski definition) is 1. The molecule has 4 aliphatic carbocycles. The molecule has 1 unspecified atom stereocenters. The number of aliphatic hydroxyl groups excluding tert-OH is 1. The highest BCUT2D eigenvalue weighted by Crippen LogP contribution is 2.73. The Balaban J connectivity index is 1.26. The van der Waals surface area contributed by atoms with Crippen LogP contribution in [-0.4, -0.2) is 28.7 Å². The van der Waals surface area contributed by atoms with Gasteiger partial charge in [0.05, 0.1) is 6.10 Å². The number of carbonyl (C=O) groups excluding carboxylic acids is 1. The summed E-state index contributed by atoms with van der Waals surface area (Å²) < 4.78 is 6.40. The molecule has 0 aromatic heterocycles. The fraction of sp³-hybridized carbons (Fsp3) is 0.741. The number of rotatable bonds is 2. The monoisotopic (exact) mass is 408 g/mol. The van der Waals surface area contributed by atoms with Crippen LogP contribution in [0.1, 0.15) is 82.0 Å². The van der Waals surface area contributed by atoms with Crippen LogP contribution in [0.15, 0.2) is 30.3 Å². The van der Waals surface area contributed by atoms with Crippen LogP contribution < -0.4 is 0 Å². The van der Waals surface area contributed by atoms with Crippen LogP contribution in [0.25, 0.3) is 0 Å². The second-order valence-corrected chi connectivity index (χ2v) is 11.7. The van der Waals surface area contributed by atoms with Crippen molar-refractivity contribution in [3.8, 4) is 0 Å². The maximum absolute atomic E-state index is 13.2. The molecule has 1 saturated heterocycles. The second kappa shape index (κ2) is 6.42. The van der Waals surface area contributed by atoms with Gasteiger partial charge in [0.2, 0.25) is 0 Å². The fourth-order valence-corrected chi connectivity index (χ4v) is 9.09. The van der Waals surface area contributed by atoms with Crippen molar-refractivity contribution in [1.82, 2.24) is 0 Å². The number of benzene rings is 1. The second-order valence-electron chi connectivity index (χ2n) is 11.7. The van der Waals surface area contributed by atoms with Crippen molar-refractivity contribution in [3.05, 3.63) is 35.9 Å². The summed E-state index contributed by atoms with van der Waals surface area (Å²) in [5.74, 6) is 3.15. The molecule has 0 radical (unpaired) electrons. The van der Waals surface area contributed by atoms with Crippen molar-refractivity contribution in [2.75, 3.05) is 0 Å². The maximum atomic E-state index is 13.2. The lowest BCUT2D eigenvalue weighted by molar-refractivity contribution is -0.128. The Morgan fingerprint density at radius 1 is 0.967 bits per heavy atom. The SMILES string of the molecule is C[C@]12CC[C@H](O)C[C@@H]1CC[C@@H]1[C@@H]2CC[C@@]2(C)[C@H]1CC[C@]21OC1C(=O)c1ccccc1. The Morgan fingerprint density at radius 2 is 1.73 bits per heavy atom. The number of fused-ring (bicyclic) bond motifs is 6. The first kappa shape index (κ1) is 19.5. The van der Waals surface area contributed by atoms with Gasteiger partial charge in [-0.15, -0.1) is 0 Å². The summed E-state index contributed by atoms with van der Waals surface area (Å²) in [5.41, 5.74) is 1.13. The number of epoxide rings is 1. The van der Waals surface area contributed by atoms with Crippen molar-refractivity contribution in [3.63, 3.8) is 0 Å². The Bertz CT molecular complexity index is 851. The van der Waals surface area contributed by atoms with Crippen LogP contribution in [0, 0.1) is 34.5 Å².